The highest BCUT2D eigenvalue weighted by atomic mass is 19.1. The van der Waals surface area contributed by atoms with Gasteiger partial charge in [-0.25, -0.2) is 4.39 Å². The van der Waals surface area contributed by atoms with Gasteiger partial charge in [-0.2, -0.15) is 0 Å². The predicted molar refractivity (Wildman–Crippen MR) is 76.6 cm³/mol. The second kappa shape index (κ2) is 6.70. The van der Waals surface area contributed by atoms with E-state index in [0.29, 0.717) is 17.9 Å². The molecule has 0 bridgehead atoms. The molecule has 2 aromatic carbocycles. The van der Waals surface area contributed by atoms with Gasteiger partial charge in [0.05, 0.1) is 12.7 Å². The third kappa shape index (κ3) is 3.35. The van der Waals surface area contributed by atoms with Gasteiger partial charge in [-0.3, -0.25) is 4.99 Å². The summed E-state index contributed by atoms with van der Waals surface area (Å²) in [6.07, 6.45) is 0. The third-order valence-electron chi connectivity index (χ3n) is 2.82. The van der Waals surface area contributed by atoms with E-state index in [1.165, 1.54) is 13.2 Å². The first-order valence-corrected chi connectivity index (χ1v) is 6.22. The van der Waals surface area contributed by atoms with Crippen molar-refractivity contribution in [1.82, 2.24) is 0 Å². The van der Waals surface area contributed by atoms with E-state index in [-0.39, 0.29) is 5.90 Å². The van der Waals surface area contributed by atoms with Crippen LogP contribution in [0.4, 0.5) is 4.39 Å². The minimum atomic E-state index is -0.419. The van der Waals surface area contributed by atoms with Gasteiger partial charge < -0.3 is 9.47 Å². The van der Waals surface area contributed by atoms with Crippen molar-refractivity contribution in [2.75, 3.05) is 14.2 Å². The summed E-state index contributed by atoms with van der Waals surface area (Å²) < 4.78 is 24.5. The molecule has 3 nitrogen and oxygen atoms in total. The molecule has 0 aliphatic rings. The van der Waals surface area contributed by atoms with Crippen molar-refractivity contribution < 1.29 is 13.9 Å². The first-order valence-electron chi connectivity index (χ1n) is 6.22. The van der Waals surface area contributed by atoms with Crippen molar-refractivity contribution in [2.24, 2.45) is 4.99 Å². The molecule has 0 atom stereocenters. The van der Waals surface area contributed by atoms with Gasteiger partial charge in [0.25, 0.3) is 0 Å². The van der Waals surface area contributed by atoms with Crippen molar-refractivity contribution in [3.05, 3.63) is 65.5 Å². The van der Waals surface area contributed by atoms with Crippen LogP contribution in [0.3, 0.4) is 0 Å². The largest absolute Gasteiger partial charge is 0.489 e. The zero-order chi connectivity index (χ0) is 14.4. The number of aliphatic imine (C=N–C) groups is 1. The highest BCUT2D eigenvalue weighted by Crippen LogP contribution is 2.19. The molecule has 0 saturated heterocycles. The number of halogens is 1. The molecule has 0 N–H and O–H groups in total. The maximum absolute atomic E-state index is 14.0. The summed E-state index contributed by atoms with van der Waals surface area (Å²) in [5.41, 5.74) is 1.35. The van der Waals surface area contributed by atoms with Gasteiger partial charge in [0.15, 0.2) is 0 Å². The van der Waals surface area contributed by atoms with Crippen LogP contribution in [0.25, 0.3) is 0 Å². The van der Waals surface area contributed by atoms with E-state index >= 15 is 0 Å². The lowest BCUT2D eigenvalue weighted by atomic mass is 10.2. The molecule has 0 heterocycles. The van der Waals surface area contributed by atoms with Gasteiger partial charge in [-0.15, -0.1) is 0 Å². The van der Waals surface area contributed by atoms with Crippen molar-refractivity contribution in [2.45, 2.75) is 6.61 Å². The topological polar surface area (TPSA) is 30.8 Å². The van der Waals surface area contributed by atoms with Crippen molar-refractivity contribution in [3.8, 4) is 5.75 Å². The van der Waals surface area contributed by atoms with Crippen LogP contribution < -0.4 is 4.74 Å². The SMILES string of the molecule is C/N=C(/OC)c1ccc(OCc2ccccc2)cc1F. The average molecular weight is 273 g/mol. The van der Waals surface area contributed by atoms with Gasteiger partial charge >= 0.3 is 0 Å². The van der Waals surface area contributed by atoms with Crippen LogP contribution >= 0.6 is 0 Å². The predicted octanol–water partition coefficient (Wildman–Crippen LogP) is 3.43. The van der Waals surface area contributed by atoms with Gasteiger partial charge in [-0.05, 0) is 17.7 Å². The molecule has 20 heavy (non-hydrogen) atoms. The second-order valence-corrected chi connectivity index (χ2v) is 4.15. The molecule has 0 unspecified atom stereocenters. The first-order chi connectivity index (χ1) is 9.74. The van der Waals surface area contributed by atoms with Crippen LogP contribution in [-0.2, 0) is 11.3 Å². The molecular formula is C16H16FNO2. The summed E-state index contributed by atoms with van der Waals surface area (Å²) in [6.45, 7) is 0.401. The standard InChI is InChI=1S/C16H16FNO2/c1-18-16(19-2)14-9-8-13(10-15(14)17)20-11-12-6-4-3-5-7-12/h3-10H,11H2,1-2H3/b18-16+. The highest BCUT2D eigenvalue weighted by molar-refractivity contribution is 5.94. The van der Waals surface area contributed by atoms with Gasteiger partial charge in [0.1, 0.15) is 18.2 Å². The molecule has 0 saturated carbocycles. The summed E-state index contributed by atoms with van der Waals surface area (Å²) in [5, 5.41) is 0. The quantitative estimate of drug-likeness (QED) is 0.631. The minimum absolute atomic E-state index is 0.261. The van der Waals surface area contributed by atoms with Crippen molar-refractivity contribution in [3.63, 3.8) is 0 Å². The Bertz CT molecular complexity index is 597. The summed E-state index contributed by atoms with van der Waals surface area (Å²) in [6, 6.07) is 14.4. The second-order valence-electron chi connectivity index (χ2n) is 4.15. The summed E-state index contributed by atoms with van der Waals surface area (Å²) in [4.78, 5) is 3.87. The normalized spacial score (nSPS) is 11.2. The van der Waals surface area contributed by atoms with Crippen molar-refractivity contribution in [1.29, 1.82) is 0 Å². The summed E-state index contributed by atoms with van der Waals surface area (Å²) in [5.74, 6) is 0.316. The van der Waals surface area contributed by atoms with Crippen LogP contribution in [0.15, 0.2) is 53.5 Å². The zero-order valence-corrected chi connectivity index (χ0v) is 11.5. The molecule has 2 rings (SSSR count). The van der Waals surface area contributed by atoms with Crippen LogP contribution in [0, 0.1) is 5.82 Å². The van der Waals surface area contributed by atoms with E-state index in [4.69, 9.17) is 9.47 Å². The van der Waals surface area contributed by atoms with E-state index in [1.54, 1.807) is 19.2 Å². The number of rotatable bonds is 4. The number of hydrogen-bond acceptors (Lipinski definition) is 3. The maximum Gasteiger partial charge on any atom is 0.218 e. The smallest absolute Gasteiger partial charge is 0.218 e. The van der Waals surface area contributed by atoms with E-state index in [1.807, 2.05) is 30.3 Å². The van der Waals surface area contributed by atoms with E-state index in [0.717, 1.165) is 5.56 Å². The Morgan fingerprint density at radius 2 is 1.90 bits per heavy atom. The lowest BCUT2D eigenvalue weighted by Crippen LogP contribution is -2.06. The zero-order valence-electron chi connectivity index (χ0n) is 11.5. The first kappa shape index (κ1) is 14.1. The number of methoxy groups -OCH3 is 1. The molecule has 0 amide bonds. The minimum Gasteiger partial charge on any atom is -0.489 e. The molecule has 0 aliphatic heterocycles. The number of nitrogens with zero attached hydrogens (tertiary/aromatic N) is 1. The molecule has 0 aliphatic carbocycles. The number of hydrogen-bond donors (Lipinski definition) is 0. The fraction of sp³-hybridized carbons (Fsp3) is 0.188. The third-order valence-corrected chi connectivity index (χ3v) is 2.82. The van der Waals surface area contributed by atoms with Gasteiger partial charge in [0, 0.05) is 13.1 Å². The molecule has 0 spiro atoms. The van der Waals surface area contributed by atoms with Crippen LogP contribution in [-0.4, -0.2) is 20.1 Å². The molecule has 2 aromatic rings. The molecule has 4 heteroatoms. The fourth-order valence-corrected chi connectivity index (χ4v) is 1.82. The molecule has 104 valence electrons. The van der Waals surface area contributed by atoms with Crippen molar-refractivity contribution >= 4 is 5.90 Å². The molecule has 0 fully saturated rings. The summed E-state index contributed by atoms with van der Waals surface area (Å²) >= 11 is 0. The summed E-state index contributed by atoms with van der Waals surface area (Å²) in [7, 11) is 3.01. The van der Waals surface area contributed by atoms with E-state index in [2.05, 4.69) is 4.99 Å². The van der Waals surface area contributed by atoms with Gasteiger partial charge in [0.2, 0.25) is 5.90 Å². The monoisotopic (exact) mass is 273 g/mol. The number of benzene rings is 2. The van der Waals surface area contributed by atoms with E-state index < -0.39 is 5.82 Å². The Labute approximate surface area is 117 Å². The lowest BCUT2D eigenvalue weighted by molar-refractivity contribution is 0.304. The molecule has 0 radical (unpaired) electrons. The van der Waals surface area contributed by atoms with Crippen LogP contribution in [0.1, 0.15) is 11.1 Å². The van der Waals surface area contributed by atoms with Gasteiger partial charge in [-0.1, -0.05) is 30.3 Å². The Hall–Kier alpha value is -2.36. The fourth-order valence-electron chi connectivity index (χ4n) is 1.82. The Morgan fingerprint density at radius 3 is 2.50 bits per heavy atom. The average Bonchev–Trinajstić information content (AvgIpc) is 2.49. The van der Waals surface area contributed by atoms with Crippen LogP contribution in [0.5, 0.6) is 5.75 Å². The Balaban J connectivity index is 2.10. The molecule has 0 aromatic heterocycles. The van der Waals surface area contributed by atoms with E-state index in [9.17, 15) is 4.39 Å². The Kier molecular flexibility index (Phi) is 4.71. The van der Waals surface area contributed by atoms with Crippen LogP contribution in [0.2, 0.25) is 0 Å². The lowest BCUT2D eigenvalue weighted by Gasteiger charge is -2.09. The highest BCUT2D eigenvalue weighted by Gasteiger charge is 2.10. The molecular weight excluding hydrogens is 257 g/mol. The maximum atomic E-state index is 14.0. The number of ether oxygens (including phenoxy) is 2. The Morgan fingerprint density at radius 1 is 1.15 bits per heavy atom.